The van der Waals surface area contributed by atoms with E-state index in [1.807, 2.05) is 6.07 Å². The lowest BCUT2D eigenvalue weighted by Crippen LogP contribution is -2.22. The van der Waals surface area contributed by atoms with Crippen molar-refractivity contribution in [2.75, 3.05) is 13.9 Å². The molecule has 8 heteroatoms. The Balaban J connectivity index is 1.66. The van der Waals surface area contributed by atoms with Gasteiger partial charge in [0.15, 0.2) is 23.0 Å². The van der Waals surface area contributed by atoms with Crippen molar-refractivity contribution in [1.29, 1.82) is 0 Å². The normalized spacial score (nSPS) is 12.2. The zero-order chi connectivity index (χ0) is 17.8. The number of rotatable bonds is 6. The third-order valence-electron chi connectivity index (χ3n) is 3.53. The molecule has 2 aromatic carbocycles. The lowest BCUT2D eigenvalue weighted by molar-refractivity contribution is -0.0512. The van der Waals surface area contributed by atoms with Gasteiger partial charge in [0.1, 0.15) is 0 Å². The molecule has 0 unspecified atom stereocenters. The molecule has 6 nitrogen and oxygen atoms in total. The van der Waals surface area contributed by atoms with Crippen molar-refractivity contribution in [1.82, 2.24) is 5.32 Å². The van der Waals surface area contributed by atoms with Crippen LogP contribution in [0.1, 0.15) is 15.9 Å². The van der Waals surface area contributed by atoms with Gasteiger partial charge < -0.3 is 24.3 Å². The minimum absolute atomic E-state index is 0.0519. The quantitative estimate of drug-likeness (QED) is 0.867. The maximum Gasteiger partial charge on any atom is 0.387 e. The van der Waals surface area contributed by atoms with Gasteiger partial charge in [-0.05, 0) is 35.9 Å². The van der Waals surface area contributed by atoms with E-state index in [4.69, 9.17) is 14.2 Å². The lowest BCUT2D eigenvalue weighted by Gasteiger charge is -2.11. The van der Waals surface area contributed by atoms with Gasteiger partial charge >= 0.3 is 6.61 Å². The summed E-state index contributed by atoms with van der Waals surface area (Å²) in [5, 5.41) is 2.74. The van der Waals surface area contributed by atoms with Gasteiger partial charge in [-0.25, -0.2) is 0 Å². The van der Waals surface area contributed by atoms with Gasteiger partial charge in [-0.15, -0.1) is 0 Å². The molecule has 1 aliphatic heterocycles. The van der Waals surface area contributed by atoms with Gasteiger partial charge in [-0.3, -0.25) is 4.79 Å². The van der Waals surface area contributed by atoms with E-state index in [1.54, 1.807) is 12.1 Å². The third kappa shape index (κ3) is 3.90. The molecule has 0 bridgehead atoms. The van der Waals surface area contributed by atoms with Gasteiger partial charge in [0.05, 0.1) is 7.11 Å². The topological polar surface area (TPSA) is 66.0 Å². The molecule has 0 radical (unpaired) electrons. The van der Waals surface area contributed by atoms with Crippen LogP contribution in [-0.2, 0) is 6.54 Å². The first-order valence-corrected chi connectivity index (χ1v) is 7.36. The van der Waals surface area contributed by atoms with E-state index in [1.165, 1.54) is 25.3 Å². The molecule has 0 fully saturated rings. The van der Waals surface area contributed by atoms with Crippen LogP contribution in [0.2, 0.25) is 0 Å². The third-order valence-corrected chi connectivity index (χ3v) is 3.53. The van der Waals surface area contributed by atoms with Crippen LogP contribution < -0.4 is 24.3 Å². The standard InChI is InChI=1S/C17H15F2NO5/c1-22-14-7-11(3-5-13(14)25-17(18)19)16(21)20-8-10-2-4-12-15(6-10)24-9-23-12/h2-7,17H,8-9H2,1H3,(H,20,21). The summed E-state index contributed by atoms with van der Waals surface area (Å²) >= 11 is 0. The van der Waals surface area contributed by atoms with Crippen molar-refractivity contribution in [2.45, 2.75) is 13.2 Å². The maximum absolute atomic E-state index is 12.3. The number of methoxy groups -OCH3 is 1. The van der Waals surface area contributed by atoms with Gasteiger partial charge in [0, 0.05) is 12.1 Å². The molecule has 3 rings (SSSR count). The molecule has 1 heterocycles. The molecule has 0 saturated heterocycles. The van der Waals surface area contributed by atoms with Crippen LogP contribution in [0.4, 0.5) is 8.78 Å². The molecule has 25 heavy (non-hydrogen) atoms. The van der Waals surface area contributed by atoms with Crippen LogP contribution >= 0.6 is 0 Å². The van der Waals surface area contributed by atoms with Crippen LogP contribution in [0.3, 0.4) is 0 Å². The average molecular weight is 351 g/mol. The van der Waals surface area contributed by atoms with Crippen molar-refractivity contribution in [3.63, 3.8) is 0 Å². The molecule has 0 spiro atoms. The van der Waals surface area contributed by atoms with Gasteiger partial charge in [-0.1, -0.05) is 6.07 Å². The van der Waals surface area contributed by atoms with Crippen LogP contribution in [0.15, 0.2) is 36.4 Å². The van der Waals surface area contributed by atoms with Crippen molar-refractivity contribution in [2.24, 2.45) is 0 Å². The fourth-order valence-corrected chi connectivity index (χ4v) is 2.34. The van der Waals surface area contributed by atoms with Crippen LogP contribution in [0.25, 0.3) is 0 Å². The van der Waals surface area contributed by atoms with Crippen LogP contribution in [0.5, 0.6) is 23.0 Å². The second kappa shape index (κ2) is 7.25. The highest BCUT2D eigenvalue weighted by Crippen LogP contribution is 2.32. The molecule has 0 aromatic heterocycles. The molecule has 1 N–H and O–H groups in total. The Labute approximate surface area is 142 Å². The zero-order valence-corrected chi connectivity index (χ0v) is 13.3. The number of carbonyl (C=O) groups excluding carboxylic acids is 1. The number of ether oxygens (including phenoxy) is 4. The van der Waals surface area contributed by atoms with E-state index in [0.29, 0.717) is 11.5 Å². The minimum Gasteiger partial charge on any atom is -0.493 e. The Morgan fingerprint density at radius 2 is 1.96 bits per heavy atom. The van der Waals surface area contributed by atoms with Gasteiger partial charge in [0.25, 0.3) is 5.91 Å². The van der Waals surface area contributed by atoms with E-state index < -0.39 is 6.61 Å². The first-order valence-electron chi connectivity index (χ1n) is 7.36. The number of carbonyl (C=O) groups is 1. The predicted molar refractivity (Wildman–Crippen MR) is 83.4 cm³/mol. The number of amides is 1. The Hall–Kier alpha value is -3.03. The number of hydrogen-bond donors (Lipinski definition) is 1. The Bertz CT molecular complexity index is 782. The van der Waals surface area contributed by atoms with Crippen molar-refractivity contribution < 1.29 is 32.5 Å². The first kappa shape index (κ1) is 16.8. The molecular weight excluding hydrogens is 336 g/mol. The van der Waals surface area contributed by atoms with Gasteiger partial charge in [0.2, 0.25) is 6.79 Å². The number of halogens is 2. The predicted octanol–water partition coefficient (Wildman–Crippen LogP) is 2.96. The maximum atomic E-state index is 12.3. The van der Waals surface area contributed by atoms with Crippen molar-refractivity contribution in [3.05, 3.63) is 47.5 Å². The fourth-order valence-electron chi connectivity index (χ4n) is 2.34. The van der Waals surface area contributed by atoms with Gasteiger partial charge in [-0.2, -0.15) is 8.78 Å². The van der Waals surface area contributed by atoms with E-state index >= 15 is 0 Å². The van der Waals surface area contributed by atoms with Crippen LogP contribution in [0, 0.1) is 0 Å². The second-order valence-electron chi connectivity index (χ2n) is 5.11. The first-order chi connectivity index (χ1) is 12.1. The smallest absolute Gasteiger partial charge is 0.387 e. The molecule has 0 atom stereocenters. The van der Waals surface area contributed by atoms with Crippen LogP contribution in [-0.4, -0.2) is 26.4 Å². The largest absolute Gasteiger partial charge is 0.493 e. The molecule has 1 amide bonds. The van der Waals surface area contributed by atoms with E-state index in [9.17, 15) is 13.6 Å². The number of nitrogens with one attached hydrogen (secondary N) is 1. The van der Waals surface area contributed by atoms with E-state index in [2.05, 4.69) is 10.1 Å². The van der Waals surface area contributed by atoms with Crippen molar-refractivity contribution >= 4 is 5.91 Å². The summed E-state index contributed by atoms with van der Waals surface area (Å²) in [7, 11) is 1.31. The van der Waals surface area contributed by atoms with E-state index in [-0.39, 0.29) is 36.3 Å². The summed E-state index contributed by atoms with van der Waals surface area (Å²) in [6.07, 6.45) is 0. The highest BCUT2D eigenvalue weighted by molar-refractivity contribution is 5.94. The number of benzene rings is 2. The summed E-state index contributed by atoms with van der Waals surface area (Å²) in [6.45, 7) is -2.52. The van der Waals surface area contributed by atoms with Crippen molar-refractivity contribution in [3.8, 4) is 23.0 Å². The lowest BCUT2D eigenvalue weighted by atomic mass is 10.1. The fraction of sp³-hybridized carbons (Fsp3) is 0.235. The SMILES string of the molecule is COc1cc(C(=O)NCc2ccc3c(c2)OCO3)ccc1OC(F)F. The molecule has 132 valence electrons. The average Bonchev–Trinajstić information content (AvgIpc) is 3.07. The summed E-state index contributed by atoms with van der Waals surface area (Å²) in [5.41, 5.74) is 1.10. The molecular formula is C17H15F2NO5. The summed E-state index contributed by atoms with van der Waals surface area (Å²) < 4.78 is 44.5. The second-order valence-corrected chi connectivity index (χ2v) is 5.11. The number of alkyl halides is 2. The number of hydrogen-bond acceptors (Lipinski definition) is 5. The monoisotopic (exact) mass is 351 g/mol. The molecule has 2 aromatic rings. The van der Waals surface area contributed by atoms with E-state index in [0.717, 1.165) is 5.56 Å². The Morgan fingerprint density at radius 3 is 2.72 bits per heavy atom. The molecule has 0 saturated carbocycles. The summed E-state index contributed by atoms with van der Waals surface area (Å²) in [4.78, 5) is 12.2. The zero-order valence-electron chi connectivity index (χ0n) is 13.3. The molecule has 0 aliphatic carbocycles. The molecule has 1 aliphatic rings. The highest BCUT2D eigenvalue weighted by atomic mass is 19.3. The summed E-state index contributed by atoms with van der Waals surface area (Å²) in [6, 6.07) is 9.35. The minimum atomic E-state index is -2.97. The highest BCUT2D eigenvalue weighted by Gasteiger charge is 2.16. The summed E-state index contributed by atoms with van der Waals surface area (Å²) in [5.74, 6) is 0.830. The Kier molecular flexibility index (Phi) is 4.87. The Morgan fingerprint density at radius 1 is 1.16 bits per heavy atom. The number of fused-ring (bicyclic) bond motifs is 1.